The normalized spacial score (nSPS) is 11.5. The van der Waals surface area contributed by atoms with Crippen molar-refractivity contribution in [3.63, 3.8) is 0 Å². The van der Waals surface area contributed by atoms with E-state index in [1.165, 1.54) is 58.5 Å². The number of methoxy groups -OCH3 is 1. The van der Waals surface area contributed by atoms with Crippen molar-refractivity contribution in [3.05, 3.63) is 0 Å². The molecule has 0 aliphatic rings. The fourth-order valence-corrected chi connectivity index (χ4v) is 2.36. The zero-order valence-electron chi connectivity index (χ0n) is 17.0. The van der Waals surface area contributed by atoms with Gasteiger partial charge >= 0.3 is 41.5 Å². The van der Waals surface area contributed by atoms with Gasteiger partial charge in [-0.15, -0.1) is 0 Å². The fourth-order valence-electron chi connectivity index (χ4n) is 2.36. The third-order valence-corrected chi connectivity index (χ3v) is 3.93. The number of rotatable bonds is 15. The number of ether oxygens (including phenoxy) is 2. The number of carbonyl (C=O) groups is 2. The summed E-state index contributed by atoms with van der Waals surface area (Å²) in [6.45, 7) is 2.65. The standard InChI is InChI=1S/C18H35NO4.Na.H/c1-3-4-5-6-7-8-9-10-11-12-15-23-18(21)16(19)13-14-17(20)22-2;;/h16H,3-15,19H2,1-2H3;;/q;+1;-1. The summed E-state index contributed by atoms with van der Waals surface area (Å²) in [5.74, 6) is -0.784. The Morgan fingerprint density at radius 1 is 0.958 bits per heavy atom. The van der Waals surface area contributed by atoms with Crippen molar-refractivity contribution in [2.75, 3.05) is 13.7 Å². The van der Waals surface area contributed by atoms with Gasteiger partial charge in [0.1, 0.15) is 6.04 Å². The minimum atomic E-state index is -0.739. The van der Waals surface area contributed by atoms with Crippen LogP contribution in [0.15, 0.2) is 0 Å². The van der Waals surface area contributed by atoms with E-state index in [9.17, 15) is 9.59 Å². The van der Waals surface area contributed by atoms with Crippen molar-refractivity contribution in [1.29, 1.82) is 0 Å². The van der Waals surface area contributed by atoms with Gasteiger partial charge in [0, 0.05) is 6.42 Å². The van der Waals surface area contributed by atoms with E-state index in [1.807, 2.05) is 0 Å². The molecule has 2 N–H and O–H groups in total. The molecule has 0 heterocycles. The molecule has 24 heavy (non-hydrogen) atoms. The van der Waals surface area contributed by atoms with E-state index in [1.54, 1.807) is 0 Å². The maximum atomic E-state index is 11.6. The van der Waals surface area contributed by atoms with Gasteiger partial charge < -0.3 is 16.6 Å². The first kappa shape index (κ1) is 26.1. The summed E-state index contributed by atoms with van der Waals surface area (Å²) < 4.78 is 9.63. The molecule has 0 rings (SSSR count). The molecule has 0 aromatic carbocycles. The monoisotopic (exact) mass is 353 g/mol. The van der Waals surface area contributed by atoms with Gasteiger partial charge in [-0.3, -0.25) is 9.59 Å². The molecule has 0 saturated carbocycles. The van der Waals surface area contributed by atoms with Crippen LogP contribution >= 0.6 is 0 Å². The van der Waals surface area contributed by atoms with Gasteiger partial charge in [0.2, 0.25) is 0 Å². The van der Waals surface area contributed by atoms with Crippen molar-refractivity contribution >= 4 is 11.9 Å². The van der Waals surface area contributed by atoms with Gasteiger partial charge in [-0.2, -0.15) is 0 Å². The fraction of sp³-hybridized carbons (Fsp3) is 0.889. The molecule has 0 radical (unpaired) electrons. The van der Waals surface area contributed by atoms with E-state index in [2.05, 4.69) is 11.7 Å². The van der Waals surface area contributed by atoms with Crippen LogP contribution in [0.1, 0.15) is 85.4 Å². The second-order valence-electron chi connectivity index (χ2n) is 6.07. The molecule has 0 saturated heterocycles. The van der Waals surface area contributed by atoms with Crippen LogP contribution in [0.5, 0.6) is 0 Å². The van der Waals surface area contributed by atoms with Gasteiger partial charge in [0.25, 0.3) is 0 Å². The van der Waals surface area contributed by atoms with E-state index in [-0.39, 0.29) is 49.8 Å². The predicted molar refractivity (Wildman–Crippen MR) is 93.1 cm³/mol. The van der Waals surface area contributed by atoms with Crippen LogP contribution in [-0.4, -0.2) is 31.7 Å². The summed E-state index contributed by atoms with van der Waals surface area (Å²) in [7, 11) is 1.32. The van der Waals surface area contributed by atoms with E-state index in [0.29, 0.717) is 6.61 Å². The number of unbranched alkanes of at least 4 members (excludes halogenated alkanes) is 9. The van der Waals surface area contributed by atoms with Crippen LogP contribution in [0.4, 0.5) is 0 Å². The average Bonchev–Trinajstić information content (AvgIpc) is 2.56. The maximum absolute atomic E-state index is 11.6. The zero-order valence-corrected chi connectivity index (χ0v) is 18.0. The Hall–Kier alpha value is -0.100. The van der Waals surface area contributed by atoms with Gasteiger partial charge in [-0.1, -0.05) is 64.7 Å². The van der Waals surface area contributed by atoms with E-state index in [0.717, 1.165) is 12.8 Å². The van der Waals surface area contributed by atoms with Crippen molar-refractivity contribution in [2.24, 2.45) is 5.73 Å². The van der Waals surface area contributed by atoms with Crippen LogP contribution in [0.3, 0.4) is 0 Å². The predicted octanol–water partition coefficient (Wildman–Crippen LogP) is 0.848. The molecule has 0 spiro atoms. The Labute approximate surface area is 171 Å². The minimum absolute atomic E-state index is 0. The molecule has 0 aromatic rings. The topological polar surface area (TPSA) is 78.6 Å². The van der Waals surface area contributed by atoms with Crippen LogP contribution in [0.25, 0.3) is 0 Å². The first-order valence-electron chi connectivity index (χ1n) is 9.10. The number of nitrogens with two attached hydrogens (primary N) is 1. The van der Waals surface area contributed by atoms with Crippen molar-refractivity contribution in [3.8, 4) is 0 Å². The van der Waals surface area contributed by atoms with Crippen LogP contribution < -0.4 is 35.3 Å². The second-order valence-corrected chi connectivity index (χ2v) is 6.07. The first-order chi connectivity index (χ1) is 11.1. The largest absolute Gasteiger partial charge is 1.00 e. The van der Waals surface area contributed by atoms with Gasteiger partial charge in [0.15, 0.2) is 0 Å². The second kappa shape index (κ2) is 19.2. The molecular weight excluding hydrogens is 317 g/mol. The summed E-state index contributed by atoms with van der Waals surface area (Å²) in [6, 6.07) is -0.739. The SMILES string of the molecule is CCCCCCCCCCCCOC(=O)C(N)CCC(=O)OC.[H-].[Na+]. The maximum Gasteiger partial charge on any atom is 1.00 e. The Morgan fingerprint density at radius 2 is 1.46 bits per heavy atom. The zero-order chi connectivity index (χ0) is 17.3. The van der Waals surface area contributed by atoms with Crippen molar-refractivity contribution in [1.82, 2.24) is 0 Å². The molecule has 1 atom stereocenters. The van der Waals surface area contributed by atoms with Crippen LogP contribution in [-0.2, 0) is 19.1 Å². The number of hydrogen-bond acceptors (Lipinski definition) is 5. The molecule has 0 aliphatic heterocycles. The Morgan fingerprint density at radius 3 is 1.96 bits per heavy atom. The summed E-state index contributed by atoms with van der Waals surface area (Å²) in [5.41, 5.74) is 5.67. The van der Waals surface area contributed by atoms with E-state index >= 15 is 0 Å². The molecule has 0 fully saturated rings. The summed E-state index contributed by atoms with van der Waals surface area (Å²) in [4.78, 5) is 22.6. The summed E-state index contributed by atoms with van der Waals surface area (Å²) in [6.07, 6.45) is 12.8. The molecule has 6 heteroatoms. The summed E-state index contributed by atoms with van der Waals surface area (Å²) in [5, 5.41) is 0. The molecule has 0 aromatic heterocycles. The van der Waals surface area contributed by atoms with Gasteiger partial charge in [-0.25, -0.2) is 0 Å². The third kappa shape index (κ3) is 16.7. The van der Waals surface area contributed by atoms with E-state index in [4.69, 9.17) is 10.5 Å². The van der Waals surface area contributed by atoms with Gasteiger partial charge in [-0.05, 0) is 12.8 Å². The molecule has 0 aliphatic carbocycles. The van der Waals surface area contributed by atoms with Crippen molar-refractivity contribution < 1.29 is 50.0 Å². The quantitative estimate of drug-likeness (QED) is 0.268. The van der Waals surface area contributed by atoms with Crippen molar-refractivity contribution in [2.45, 2.75) is 90.0 Å². The molecule has 138 valence electrons. The number of hydrogen-bond donors (Lipinski definition) is 1. The number of carbonyl (C=O) groups excluding carboxylic acids is 2. The summed E-state index contributed by atoms with van der Waals surface area (Å²) >= 11 is 0. The average molecular weight is 353 g/mol. The third-order valence-electron chi connectivity index (χ3n) is 3.93. The van der Waals surface area contributed by atoms with Crippen LogP contribution in [0, 0.1) is 0 Å². The molecule has 5 nitrogen and oxygen atoms in total. The van der Waals surface area contributed by atoms with Gasteiger partial charge in [0.05, 0.1) is 13.7 Å². The molecule has 0 amide bonds. The van der Waals surface area contributed by atoms with Crippen LogP contribution in [0.2, 0.25) is 0 Å². The molecule has 0 bridgehead atoms. The Bertz CT molecular complexity index is 319. The first-order valence-corrected chi connectivity index (χ1v) is 9.10. The number of esters is 2. The molecule has 1 unspecified atom stereocenters. The Kier molecular flexibility index (Phi) is 20.9. The van der Waals surface area contributed by atoms with E-state index < -0.39 is 12.0 Å². The minimum Gasteiger partial charge on any atom is -1.00 e. The smallest absolute Gasteiger partial charge is 1.00 e. The molecular formula is C18H36NNaO4. The Balaban J connectivity index is -0.00000242.